The second-order valence-corrected chi connectivity index (χ2v) is 5.13. The van der Waals surface area contributed by atoms with Crippen molar-refractivity contribution in [3.63, 3.8) is 0 Å². The highest BCUT2D eigenvalue weighted by Gasteiger charge is 2.29. The normalized spacial score (nSPS) is 11.3. The molecule has 22 heavy (non-hydrogen) atoms. The molecule has 0 heterocycles. The zero-order valence-electron chi connectivity index (χ0n) is 13.0. The summed E-state index contributed by atoms with van der Waals surface area (Å²) in [5, 5.41) is 2.98. The molecule has 0 spiro atoms. The Bertz CT molecular complexity index is 451. The first-order valence-corrected chi connectivity index (χ1v) is 7.57. The average molecular weight is 316 g/mol. The van der Waals surface area contributed by atoms with Crippen molar-refractivity contribution in [2.24, 2.45) is 0 Å². The Hall–Kier alpha value is -1.72. The summed E-state index contributed by atoms with van der Waals surface area (Å²) in [4.78, 5) is 13.9. The van der Waals surface area contributed by atoms with E-state index in [9.17, 15) is 18.0 Å². The highest BCUT2D eigenvalue weighted by Crippen LogP contribution is 2.29. The molecule has 1 rings (SSSR count). The molecule has 0 bridgehead atoms. The van der Waals surface area contributed by atoms with Crippen LogP contribution in [0.3, 0.4) is 0 Å². The molecule has 1 amide bonds. The van der Waals surface area contributed by atoms with Crippen LogP contribution in [0.4, 0.5) is 18.9 Å². The first-order valence-electron chi connectivity index (χ1n) is 7.57. The standard InChI is InChI=1S/C16H23F3N2O/c1-3-11-21(12-4-2)15(22)9-10-20-14-7-5-13(6-8-14)16(17,18)19/h5-8,20H,3-4,9-12H2,1-2H3. The molecular weight excluding hydrogens is 293 g/mol. The van der Waals surface area contributed by atoms with Gasteiger partial charge in [-0.05, 0) is 37.1 Å². The van der Waals surface area contributed by atoms with Gasteiger partial charge in [-0.2, -0.15) is 13.2 Å². The van der Waals surface area contributed by atoms with E-state index in [4.69, 9.17) is 0 Å². The topological polar surface area (TPSA) is 32.3 Å². The largest absolute Gasteiger partial charge is 0.416 e. The van der Waals surface area contributed by atoms with Crippen molar-refractivity contribution in [2.45, 2.75) is 39.3 Å². The molecule has 0 unspecified atom stereocenters. The van der Waals surface area contributed by atoms with E-state index in [-0.39, 0.29) is 5.91 Å². The molecule has 0 aliphatic carbocycles. The van der Waals surface area contributed by atoms with Gasteiger partial charge in [0.25, 0.3) is 0 Å². The van der Waals surface area contributed by atoms with Crippen molar-refractivity contribution >= 4 is 11.6 Å². The van der Waals surface area contributed by atoms with Crippen molar-refractivity contribution in [1.29, 1.82) is 0 Å². The number of anilines is 1. The van der Waals surface area contributed by atoms with Crippen LogP contribution in [0.1, 0.15) is 38.7 Å². The summed E-state index contributed by atoms with van der Waals surface area (Å²) >= 11 is 0. The van der Waals surface area contributed by atoms with Gasteiger partial charge in [-0.15, -0.1) is 0 Å². The minimum atomic E-state index is -4.32. The lowest BCUT2D eigenvalue weighted by atomic mass is 10.2. The zero-order valence-corrected chi connectivity index (χ0v) is 13.0. The van der Waals surface area contributed by atoms with Crippen LogP contribution in [0, 0.1) is 0 Å². The van der Waals surface area contributed by atoms with Crippen LogP contribution in [0.2, 0.25) is 0 Å². The van der Waals surface area contributed by atoms with Gasteiger partial charge in [-0.25, -0.2) is 0 Å². The predicted octanol–water partition coefficient (Wildman–Crippen LogP) is 4.16. The fraction of sp³-hybridized carbons (Fsp3) is 0.562. The van der Waals surface area contributed by atoms with Crippen LogP contribution in [0.25, 0.3) is 0 Å². The molecule has 1 aromatic rings. The van der Waals surface area contributed by atoms with Crippen LogP contribution in [-0.4, -0.2) is 30.4 Å². The van der Waals surface area contributed by atoms with Gasteiger partial charge in [0.15, 0.2) is 0 Å². The van der Waals surface area contributed by atoms with Gasteiger partial charge in [0, 0.05) is 31.7 Å². The number of carbonyl (C=O) groups excluding carboxylic acids is 1. The molecule has 1 aromatic carbocycles. The Labute approximate surface area is 129 Å². The third kappa shape index (κ3) is 5.95. The SMILES string of the molecule is CCCN(CCC)C(=O)CCNc1ccc(C(F)(F)F)cc1. The molecule has 6 heteroatoms. The second kappa shape index (κ2) is 8.66. The van der Waals surface area contributed by atoms with E-state index in [0.29, 0.717) is 18.7 Å². The van der Waals surface area contributed by atoms with Crippen molar-refractivity contribution < 1.29 is 18.0 Å². The van der Waals surface area contributed by atoms with Gasteiger partial charge < -0.3 is 10.2 Å². The third-order valence-electron chi connectivity index (χ3n) is 3.22. The molecule has 3 nitrogen and oxygen atoms in total. The molecule has 0 atom stereocenters. The highest BCUT2D eigenvalue weighted by atomic mass is 19.4. The molecule has 0 saturated heterocycles. The maximum Gasteiger partial charge on any atom is 0.416 e. The van der Waals surface area contributed by atoms with Crippen LogP contribution in [0.15, 0.2) is 24.3 Å². The number of carbonyl (C=O) groups is 1. The van der Waals surface area contributed by atoms with Crippen molar-refractivity contribution in [3.8, 4) is 0 Å². The lowest BCUT2D eigenvalue weighted by Gasteiger charge is -2.21. The number of nitrogens with zero attached hydrogens (tertiary/aromatic N) is 1. The number of nitrogens with one attached hydrogen (secondary N) is 1. The van der Waals surface area contributed by atoms with Crippen molar-refractivity contribution in [3.05, 3.63) is 29.8 Å². The monoisotopic (exact) mass is 316 g/mol. The molecule has 0 fully saturated rings. The summed E-state index contributed by atoms with van der Waals surface area (Å²) in [5.74, 6) is 0.0723. The molecule has 0 saturated carbocycles. The number of benzene rings is 1. The third-order valence-corrected chi connectivity index (χ3v) is 3.22. The minimum absolute atomic E-state index is 0.0723. The van der Waals surface area contributed by atoms with E-state index >= 15 is 0 Å². The van der Waals surface area contributed by atoms with E-state index in [2.05, 4.69) is 5.32 Å². The first-order chi connectivity index (χ1) is 10.4. The smallest absolute Gasteiger partial charge is 0.385 e. The Morgan fingerprint density at radius 1 is 1.09 bits per heavy atom. The van der Waals surface area contributed by atoms with E-state index in [1.807, 2.05) is 18.7 Å². The molecule has 124 valence electrons. The van der Waals surface area contributed by atoms with E-state index in [1.54, 1.807) is 0 Å². The number of hydrogen-bond donors (Lipinski definition) is 1. The number of alkyl halides is 3. The quantitative estimate of drug-likeness (QED) is 0.781. The van der Waals surface area contributed by atoms with E-state index in [1.165, 1.54) is 12.1 Å². The summed E-state index contributed by atoms with van der Waals surface area (Å²) in [6.07, 6.45) is -2.16. The number of hydrogen-bond acceptors (Lipinski definition) is 2. The summed E-state index contributed by atoms with van der Waals surface area (Å²) in [7, 11) is 0. The van der Waals surface area contributed by atoms with Crippen molar-refractivity contribution in [2.75, 3.05) is 25.0 Å². The van der Waals surface area contributed by atoms with Crippen molar-refractivity contribution in [1.82, 2.24) is 4.90 Å². The van der Waals surface area contributed by atoms with Gasteiger partial charge in [0.2, 0.25) is 5.91 Å². The lowest BCUT2D eigenvalue weighted by molar-refractivity contribution is -0.137. The highest BCUT2D eigenvalue weighted by molar-refractivity contribution is 5.76. The predicted molar refractivity (Wildman–Crippen MR) is 81.7 cm³/mol. The van der Waals surface area contributed by atoms with E-state index < -0.39 is 11.7 Å². The maximum absolute atomic E-state index is 12.4. The van der Waals surface area contributed by atoms with Gasteiger partial charge in [0.05, 0.1) is 5.56 Å². The maximum atomic E-state index is 12.4. The number of amides is 1. The molecule has 0 radical (unpaired) electrons. The number of rotatable bonds is 8. The van der Waals surface area contributed by atoms with Crippen LogP contribution in [-0.2, 0) is 11.0 Å². The van der Waals surface area contributed by atoms with Gasteiger partial charge in [-0.1, -0.05) is 13.8 Å². The summed E-state index contributed by atoms with van der Waals surface area (Å²) < 4.78 is 37.3. The first kappa shape index (κ1) is 18.3. The van der Waals surface area contributed by atoms with Gasteiger partial charge in [-0.3, -0.25) is 4.79 Å². The average Bonchev–Trinajstić information content (AvgIpc) is 2.46. The molecule has 0 aliphatic heterocycles. The van der Waals surface area contributed by atoms with Crippen LogP contribution >= 0.6 is 0 Å². The fourth-order valence-electron chi connectivity index (χ4n) is 2.15. The van der Waals surface area contributed by atoms with Gasteiger partial charge >= 0.3 is 6.18 Å². The van der Waals surface area contributed by atoms with Crippen LogP contribution in [0.5, 0.6) is 0 Å². The molecular formula is C16H23F3N2O. The molecule has 1 N–H and O–H groups in total. The summed E-state index contributed by atoms with van der Waals surface area (Å²) in [6.45, 7) is 5.95. The summed E-state index contributed by atoms with van der Waals surface area (Å²) in [6, 6.07) is 4.82. The van der Waals surface area contributed by atoms with E-state index in [0.717, 1.165) is 38.1 Å². The van der Waals surface area contributed by atoms with Gasteiger partial charge in [0.1, 0.15) is 0 Å². The fourth-order valence-corrected chi connectivity index (χ4v) is 2.15. The van der Waals surface area contributed by atoms with Crippen LogP contribution < -0.4 is 5.32 Å². The molecule has 0 aliphatic rings. The summed E-state index contributed by atoms with van der Waals surface area (Å²) in [5.41, 5.74) is -0.0930. The molecule has 0 aromatic heterocycles. The second-order valence-electron chi connectivity index (χ2n) is 5.13. The Morgan fingerprint density at radius 2 is 1.64 bits per heavy atom. The number of halogens is 3. The Kier molecular flexibility index (Phi) is 7.21. The minimum Gasteiger partial charge on any atom is -0.385 e. The Balaban J connectivity index is 2.44. The Morgan fingerprint density at radius 3 is 2.09 bits per heavy atom. The zero-order chi connectivity index (χ0) is 16.6. The lowest BCUT2D eigenvalue weighted by Crippen LogP contribution is -2.33.